The lowest BCUT2D eigenvalue weighted by molar-refractivity contribution is -0.123. The molecule has 6 heteroatoms. The largest absolute Gasteiger partial charge is 0.392 e. The van der Waals surface area contributed by atoms with Crippen molar-refractivity contribution in [2.24, 2.45) is 11.8 Å². The molecule has 2 aromatic rings. The standard InChI is InChI=1S/C31H37FN2O3/c1-20-8-5-12-26(32)27(20)30(37)34-17-7-11-25(28(34)22-15-13-21(19-35)14-16-22)29(36)33-24-10-6-9-23(18-24)31(2,3)4/h5-6,8-10,12-15,18,22,25,28,35H,7,11,16-17,19H2,1-4H3,(H,33,36)/t22?,25?,28-/m0/s1. The first-order valence-electron chi connectivity index (χ1n) is 13.1. The third-order valence-electron chi connectivity index (χ3n) is 7.55. The lowest BCUT2D eigenvalue weighted by Crippen LogP contribution is -2.55. The van der Waals surface area contributed by atoms with Gasteiger partial charge in [-0.2, -0.15) is 0 Å². The van der Waals surface area contributed by atoms with E-state index in [1.54, 1.807) is 24.0 Å². The van der Waals surface area contributed by atoms with E-state index in [-0.39, 0.29) is 35.3 Å². The Morgan fingerprint density at radius 2 is 1.92 bits per heavy atom. The molecule has 1 aliphatic carbocycles. The summed E-state index contributed by atoms with van der Waals surface area (Å²) in [6.45, 7) is 8.52. The first kappa shape index (κ1) is 26.8. The number of likely N-dealkylation sites (tertiary alicyclic amines) is 1. The number of amides is 2. The van der Waals surface area contributed by atoms with Crippen LogP contribution >= 0.6 is 0 Å². The molecular formula is C31H37FN2O3. The van der Waals surface area contributed by atoms with Gasteiger partial charge in [0, 0.05) is 18.2 Å². The molecule has 1 fully saturated rings. The molecule has 1 saturated heterocycles. The number of anilines is 1. The SMILES string of the molecule is Cc1cccc(F)c1C(=O)N1CCCC(C(=O)Nc2cccc(C(C)(C)C)c2)[C@@H]1C1C=CC(CO)=CC1. The molecule has 196 valence electrons. The average molecular weight is 505 g/mol. The van der Waals surface area contributed by atoms with Gasteiger partial charge in [-0.25, -0.2) is 4.39 Å². The van der Waals surface area contributed by atoms with E-state index in [0.717, 1.165) is 16.8 Å². The van der Waals surface area contributed by atoms with Gasteiger partial charge in [-0.3, -0.25) is 9.59 Å². The highest BCUT2D eigenvalue weighted by Gasteiger charge is 2.43. The molecule has 37 heavy (non-hydrogen) atoms. The highest BCUT2D eigenvalue weighted by molar-refractivity contribution is 5.98. The van der Waals surface area contributed by atoms with Gasteiger partial charge in [-0.1, -0.05) is 63.3 Å². The molecule has 0 saturated carbocycles. The van der Waals surface area contributed by atoms with Gasteiger partial charge in [-0.05, 0) is 66.5 Å². The van der Waals surface area contributed by atoms with Gasteiger partial charge in [0.1, 0.15) is 5.82 Å². The Kier molecular flexibility index (Phi) is 7.98. The maximum Gasteiger partial charge on any atom is 0.257 e. The Morgan fingerprint density at radius 3 is 2.57 bits per heavy atom. The number of halogens is 1. The minimum atomic E-state index is -0.545. The number of allylic oxidation sites excluding steroid dienone is 1. The van der Waals surface area contributed by atoms with Crippen molar-refractivity contribution >= 4 is 17.5 Å². The van der Waals surface area contributed by atoms with Crippen molar-refractivity contribution in [1.82, 2.24) is 4.90 Å². The third kappa shape index (κ3) is 5.85. The van der Waals surface area contributed by atoms with Gasteiger partial charge in [0.25, 0.3) is 5.91 Å². The number of carbonyl (C=O) groups excluding carboxylic acids is 2. The molecule has 0 aromatic heterocycles. The number of aryl methyl sites for hydroxylation is 1. The number of hydrogen-bond acceptors (Lipinski definition) is 3. The molecule has 5 nitrogen and oxygen atoms in total. The quantitative estimate of drug-likeness (QED) is 0.542. The van der Waals surface area contributed by atoms with Crippen LogP contribution in [0.4, 0.5) is 10.1 Å². The van der Waals surface area contributed by atoms with Crippen molar-refractivity contribution in [2.45, 2.75) is 58.4 Å². The van der Waals surface area contributed by atoms with E-state index in [0.29, 0.717) is 31.4 Å². The molecule has 2 amide bonds. The molecule has 4 rings (SSSR count). The molecule has 0 radical (unpaired) electrons. The van der Waals surface area contributed by atoms with Gasteiger partial charge in [0.2, 0.25) is 5.91 Å². The van der Waals surface area contributed by atoms with Crippen LogP contribution in [0.25, 0.3) is 0 Å². The summed E-state index contributed by atoms with van der Waals surface area (Å²) in [5.41, 5.74) is 3.25. The Bertz CT molecular complexity index is 1210. The van der Waals surface area contributed by atoms with Crippen molar-refractivity contribution in [3.63, 3.8) is 0 Å². The van der Waals surface area contributed by atoms with Crippen LogP contribution in [0.2, 0.25) is 0 Å². The van der Waals surface area contributed by atoms with E-state index in [4.69, 9.17) is 0 Å². The average Bonchev–Trinajstić information content (AvgIpc) is 2.87. The van der Waals surface area contributed by atoms with E-state index >= 15 is 0 Å². The number of carbonyl (C=O) groups is 2. The van der Waals surface area contributed by atoms with E-state index in [1.807, 2.05) is 42.5 Å². The monoisotopic (exact) mass is 504 g/mol. The van der Waals surface area contributed by atoms with Crippen molar-refractivity contribution < 1.29 is 19.1 Å². The molecule has 0 spiro atoms. The third-order valence-corrected chi connectivity index (χ3v) is 7.55. The molecule has 2 N–H and O–H groups in total. The molecule has 2 aliphatic rings. The number of hydrogen-bond donors (Lipinski definition) is 2. The smallest absolute Gasteiger partial charge is 0.257 e. The second kappa shape index (κ2) is 11.0. The predicted octanol–water partition coefficient (Wildman–Crippen LogP) is 5.79. The predicted molar refractivity (Wildman–Crippen MR) is 145 cm³/mol. The number of piperidine rings is 1. The molecule has 1 heterocycles. The van der Waals surface area contributed by atoms with Gasteiger partial charge in [0.05, 0.1) is 24.1 Å². The van der Waals surface area contributed by atoms with Gasteiger partial charge in [0.15, 0.2) is 0 Å². The van der Waals surface area contributed by atoms with Crippen molar-refractivity contribution in [3.8, 4) is 0 Å². The van der Waals surface area contributed by atoms with Crippen LogP contribution < -0.4 is 5.32 Å². The van der Waals surface area contributed by atoms with E-state index < -0.39 is 17.8 Å². The second-order valence-corrected chi connectivity index (χ2v) is 11.2. The number of rotatable bonds is 5. The zero-order valence-electron chi connectivity index (χ0n) is 22.1. The maximum atomic E-state index is 14.8. The summed E-state index contributed by atoms with van der Waals surface area (Å²) in [4.78, 5) is 29.2. The summed E-state index contributed by atoms with van der Waals surface area (Å²) in [5.74, 6) is -1.64. The van der Waals surface area contributed by atoms with Crippen LogP contribution in [0.15, 0.2) is 66.3 Å². The summed E-state index contributed by atoms with van der Waals surface area (Å²) in [7, 11) is 0. The molecule has 2 unspecified atom stereocenters. The Balaban J connectivity index is 1.67. The lowest BCUT2D eigenvalue weighted by Gasteiger charge is -2.44. The number of nitrogens with one attached hydrogen (secondary N) is 1. The zero-order valence-corrected chi connectivity index (χ0v) is 22.1. The highest BCUT2D eigenvalue weighted by atomic mass is 19.1. The summed E-state index contributed by atoms with van der Waals surface area (Å²) in [5, 5.41) is 12.6. The highest BCUT2D eigenvalue weighted by Crippen LogP contribution is 2.36. The Labute approximate surface area is 219 Å². The van der Waals surface area contributed by atoms with Gasteiger partial charge >= 0.3 is 0 Å². The molecular weight excluding hydrogens is 467 g/mol. The van der Waals surface area contributed by atoms with Crippen molar-refractivity contribution in [1.29, 1.82) is 0 Å². The van der Waals surface area contributed by atoms with E-state index in [9.17, 15) is 19.1 Å². The molecule has 2 aromatic carbocycles. The Morgan fingerprint density at radius 1 is 1.16 bits per heavy atom. The van der Waals surface area contributed by atoms with Gasteiger partial charge < -0.3 is 15.3 Å². The fraction of sp³-hybridized carbons (Fsp3) is 0.419. The molecule has 0 bridgehead atoms. The first-order valence-corrected chi connectivity index (χ1v) is 13.1. The van der Waals surface area contributed by atoms with Crippen LogP contribution in [-0.2, 0) is 10.2 Å². The number of benzene rings is 2. The number of nitrogens with zero attached hydrogens (tertiary/aromatic N) is 1. The summed E-state index contributed by atoms with van der Waals surface area (Å²) in [6, 6.07) is 12.1. The summed E-state index contributed by atoms with van der Waals surface area (Å²) in [6.07, 6.45) is 7.69. The first-order chi connectivity index (χ1) is 17.6. The van der Waals surface area contributed by atoms with Crippen LogP contribution in [0.5, 0.6) is 0 Å². The normalized spacial score (nSPS) is 21.9. The summed E-state index contributed by atoms with van der Waals surface area (Å²) >= 11 is 0. The number of aliphatic hydroxyl groups excluding tert-OH is 1. The van der Waals surface area contributed by atoms with Crippen LogP contribution in [0.3, 0.4) is 0 Å². The van der Waals surface area contributed by atoms with Crippen molar-refractivity contribution in [3.05, 3.63) is 88.8 Å². The van der Waals surface area contributed by atoms with E-state index in [1.165, 1.54) is 6.07 Å². The van der Waals surface area contributed by atoms with Crippen molar-refractivity contribution in [2.75, 3.05) is 18.5 Å². The fourth-order valence-corrected chi connectivity index (χ4v) is 5.47. The summed E-state index contributed by atoms with van der Waals surface area (Å²) < 4.78 is 14.8. The lowest BCUT2D eigenvalue weighted by atomic mass is 9.77. The minimum Gasteiger partial charge on any atom is -0.392 e. The molecule has 1 aliphatic heterocycles. The van der Waals surface area contributed by atoms with E-state index in [2.05, 4.69) is 26.1 Å². The molecule has 3 atom stereocenters. The number of aliphatic hydroxyl groups is 1. The second-order valence-electron chi connectivity index (χ2n) is 11.2. The maximum absolute atomic E-state index is 14.8. The minimum absolute atomic E-state index is 0.0566. The van der Waals surface area contributed by atoms with Crippen LogP contribution in [0, 0.1) is 24.6 Å². The van der Waals surface area contributed by atoms with Crippen LogP contribution in [0.1, 0.15) is 61.5 Å². The topological polar surface area (TPSA) is 69.6 Å². The zero-order chi connectivity index (χ0) is 26.7. The Hall–Kier alpha value is -3.25. The van der Waals surface area contributed by atoms with Crippen LogP contribution in [-0.4, -0.2) is 41.0 Å². The van der Waals surface area contributed by atoms with Gasteiger partial charge in [-0.15, -0.1) is 0 Å². The fourth-order valence-electron chi connectivity index (χ4n) is 5.47.